The Labute approximate surface area is 101 Å². The Balaban J connectivity index is 2.44. The molecule has 1 aromatic rings. The zero-order valence-electron chi connectivity index (χ0n) is 10.3. The molecule has 0 aliphatic rings. The molecule has 0 aromatic carbocycles. The molecular weight excluding hydrogens is 216 g/mol. The van der Waals surface area contributed by atoms with E-state index in [2.05, 4.69) is 17.2 Å². The summed E-state index contributed by atoms with van der Waals surface area (Å²) >= 11 is 0. The van der Waals surface area contributed by atoms with Gasteiger partial charge in [0.2, 0.25) is 5.91 Å². The number of aromatic nitrogens is 1. The lowest BCUT2D eigenvalue weighted by atomic mass is 10.1. The van der Waals surface area contributed by atoms with Gasteiger partial charge >= 0.3 is 0 Å². The first-order valence-corrected chi connectivity index (χ1v) is 5.82. The number of aryl methyl sites for hydroxylation is 1. The largest absolute Gasteiger partial charge is 0.350 e. The fourth-order valence-corrected chi connectivity index (χ4v) is 1.51. The van der Waals surface area contributed by atoms with Crippen LogP contribution in [0.5, 0.6) is 0 Å². The summed E-state index contributed by atoms with van der Waals surface area (Å²) in [5, 5.41) is 2.78. The minimum absolute atomic E-state index is 0.0345. The van der Waals surface area contributed by atoms with Crippen molar-refractivity contribution in [2.75, 3.05) is 0 Å². The predicted molar refractivity (Wildman–Crippen MR) is 65.4 cm³/mol. The number of pyridine rings is 1. The van der Waals surface area contributed by atoms with E-state index in [1.165, 1.54) is 6.92 Å². The molecule has 0 spiro atoms. The Morgan fingerprint density at radius 2 is 2.12 bits per heavy atom. The van der Waals surface area contributed by atoms with Gasteiger partial charge < -0.3 is 10.1 Å². The molecule has 1 heterocycles. The number of ketones is 1. The average Bonchev–Trinajstić information content (AvgIpc) is 2.34. The van der Waals surface area contributed by atoms with Crippen molar-refractivity contribution >= 4 is 11.7 Å². The van der Waals surface area contributed by atoms with Crippen LogP contribution in [-0.4, -0.2) is 16.7 Å². The molecule has 0 unspecified atom stereocenters. The molecule has 92 valence electrons. The molecule has 1 amide bonds. The van der Waals surface area contributed by atoms with Gasteiger partial charge in [0.15, 0.2) is 0 Å². The summed E-state index contributed by atoms with van der Waals surface area (Å²) in [5.41, 5.74) is 2.03. The Hall–Kier alpha value is -1.71. The van der Waals surface area contributed by atoms with Crippen LogP contribution < -0.4 is 5.32 Å². The fourth-order valence-electron chi connectivity index (χ4n) is 1.51. The van der Waals surface area contributed by atoms with Gasteiger partial charge in [-0.25, -0.2) is 0 Å². The van der Waals surface area contributed by atoms with Crippen molar-refractivity contribution in [1.29, 1.82) is 0 Å². The van der Waals surface area contributed by atoms with E-state index < -0.39 is 0 Å². The van der Waals surface area contributed by atoms with Crippen LogP contribution in [0.3, 0.4) is 0 Å². The van der Waals surface area contributed by atoms with E-state index in [1.807, 2.05) is 12.1 Å². The Morgan fingerprint density at radius 3 is 2.76 bits per heavy atom. The van der Waals surface area contributed by atoms with Gasteiger partial charge in [-0.3, -0.25) is 9.78 Å². The number of hydrogen-bond acceptors (Lipinski definition) is 3. The number of nitrogens with one attached hydrogen (secondary N) is 1. The fraction of sp³-hybridized carbons (Fsp3) is 0.462. The number of amides is 1. The van der Waals surface area contributed by atoms with Crippen molar-refractivity contribution in [1.82, 2.24) is 10.3 Å². The standard InChI is InChI=1S/C13H18N2O2/c1-3-11-5-4-8-14-12(11)9-15-13(17)7-6-10(2)16/h4-5,8H,3,6-7,9H2,1-2H3,(H,15,17). The minimum Gasteiger partial charge on any atom is -0.350 e. The highest BCUT2D eigenvalue weighted by Crippen LogP contribution is 2.05. The third kappa shape index (κ3) is 4.76. The van der Waals surface area contributed by atoms with E-state index in [9.17, 15) is 9.59 Å². The van der Waals surface area contributed by atoms with E-state index in [1.54, 1.807) is 6.20 Å². The number of rotatable bonds is 6. The van der Waals surface area contributed by atoms with E-state index >= 15 is 0 Å². The molecule has 0 aliphatic carbocycles. The Morgan fingerprint density at radius 1 is 1.35 bits per heavy atom. The quantitative estimate of drug-likeness (QED) is 0.813. The van der Waals surface area contributed by atoms with Gasteiger partial charge in [0, 0.05) is 19.0 Å². The van der Waals surface area contributed by atoms with Gasteiger partial charge in [-0.05, 0) is 25.0 Å². The second-order valence-electron chi connectivity index (χ2n) is 3.94. The smallest absolute Gasteiger partial charge is 0.220 e. The second kappa shape index (κ2) is 6.78. The molecule has 0 saturated heterocycles. The molecule has 1 rings (SSSR count). The van der Waals surface area contributed by atoms with Gasteiger partial charge in [0.25, 0.3) is 0 Å². The molecule has 1 aromatic heterocycles. The van der Waals surface area contributed by atoms with E-state index in [0.717, 1.165) is 17.7 Å². The summed E-state index contributed by atoms with van der Waals surface area (Å²) in [6.07, 6.45) is 3.17. The van der Waals surface area contributed by atoms with Crippen LogP contribution in [0.25, 0.3) is 0 Å². The molecule has 1 N–H and O–H groups in total. The number of carbonyl (C=O) groups excluding carboxylic acids is 2. The third-order valence-electron chi connectivity index (χ3n) is 2.52. The number of carbonyl (C=O) groups is 2. The summed E-state index contributed by atoms with van der Waals surface area (Å²) < 4.78 is 0. The molecule has 0 saturated carbocycles. The number of Topliss-reactive ketones (excluding diaryl/α,β-unsaturated/α-hetero) is 1. The topological polar surface area (TPSA) is 59.1 Å². The van der Waals surface area contributed by atoms with E-state index in [-0.39, 0.29) is 18.1 Å². The first kappa shape index (κ1) is 13.4. The van der Waals surface area contributed by atoms with Crippen molar-refractivity contribution in [3.8, 4) is 0 Å². The first-order valence-electron chi connectivity index (χ1n) is 5.82. The lowest BCUT2D eigenvalue weighted by Gasteiger charge is -2.07. The SMILES string of the molecule is CCc1cccnc1CNC(=O)CCC(C)=O. The Kier molecular flexibility index (Phi) is 5.33. The molecule has 0 radical (unpaired) electrons. The monoisotopic (exact) mass is 234 g/mol. The van der Waals surface area contributed by atoms with E-state index in [0.29, 0.717) is 13.0 Å². The Bertz CT molecular complexity index is 402. The average molecular weight is 234 g/mol. The molecule has 4 nitrogen and oxygen atoms in total. The summed E-state index contributed by atoms with van der Waals surface area (Å²) in [7, 11) is 0. The first-order chi connectivity index (χ1) is 8.13. The normalized spacial score (nSPS) is 10.0. The van der Waals surface area contributed by atoms with Crippen LogP contribution >= 0.6 is 0 Å². The van der Waals surface area contributed by atoms with E-state index in [4.69, 9.17) is 0 Å². The summed E-state index contributed by atoms with van der Waals surface area (Å²) in [4.78, 5) is 26.4. The maximum atomic E-state index is 11.4. The highest BCUT2D eigenvalue weighted by Gasteiger charge is 2.05. The van der Waals surface area contributed by atoms with Gasteiger partial charge in [-0.2, -0.15) is 0 Å². The molecule has 0 bridgehead atoms. The van der Waals surface area contributed by atoms with Crippen LogP contribution in [0.4, 0.5) is 0 Å². The lowest BCUT2D eigenvalue weighted by Crippen LogP contribution is -2.24. The summed E-state index contributed by atoms with van der Waals surface area (Å²) in [5.74, 6) is -0.0693. The molecule has 0 fully saturated rings. The van der Waals surface area contributed by atoms with Crippen LogP contribution in [0.15, 0.2) is 18.3 Å². The maximum Gasteiger partial charge on any atom is 0.220 e. The van der Waals surface area contributed by atoms with Crippen LogP contribution in [-0.2, 0) is 22.6 Å². The van der Waals surface area contributed by atoms with Crippen molar-refractivity contribution in [3.63, 3.8) is 0 Å². The van der Waals surface area contributed by atoms with Gasteiger partial charge in [-0.15, -0.1) is 0 Å². The van der Waals surface area contributed by atoms with Gasteiger partial charge in [0.05, 0.1) is 12.2 Å². The third-order valence-corrected chi connectivity index (χ3v) is 2.52. The molecular formula is C13H18N2O2. The highest BCUT2D eigenvalue weighted by atomic mass is 16.2. The summed E-state index contributed by atoms with van der Waals surface area (Å²) in [6.45, 7) is 3.97. The van der Waals surface area contributed by atoms with Crippen molar-refractivity contribution in [2.45, 2.75) is 39.7 Å². The number of nitrogens with zero attached hydrogens (tertiary/aromatic N) is 1. The zero-order chi connectivity index (χ0) is 12.7. The van der Waals surface area contributed by atoms with Crippen LogP contribution in [0.1, 0.15) is 37.9 Å². The molecule has 17 heavy (non-hydrogen) atoms. The molecule has 0 atom stereocenters. The van der Waals surface area contributed by atoms with Gasteiger partial charge in [-0.1, -0.05) is 13.0 Å². The lowest BCUT2D eigenvalue weighted by molar-refractivity contribution is -0.124. The highest BCUT2D eigenvalue weighted by molar-refractivity contribution is 5.83. The number of hydrogen-bond donors (Lipinski definition) is 1. The molecule has 4 heteroatoms. The minimum atomic E-state index is -0.104. The van der Waals surface area contributed by atoms with Crippen molar-refractivity contribution in [2.24, 2.45) is 0 Å². The van der Waals surface area contributed by atoms with Crippen molar-refractivity contribution < 1.29 is 9.59 Å². The van der Waals surface area contributed by atoms with Crippen molar-refractivity contribution in [3.05, 3.63) is 29.6 Å². The summed E-state index contributed by atoms with van der Waals surface area (Å²) in [6, 6.07) is 3.89. The molecule has 0 aliphatic heterocycles. The van der Waals surface area contributed by atoms with Crippen LogP contribution in [0, 0.1) is 0 Å². The second-order valence-corrected chi connectivity index (χ2v) is 3.94. The zero-order valence-corrected chi connectivity index (χ0v) is 10.3. The van der Waals surface area contributed by atoms with Gasteiger partial charge in [0.1, 0.15) is 5.78 Å². The van der Waals surface area contributed by atoms with Crippen LogP contribution in [0.2, 0.25) is 0 Å². The predicted octanol–water partition coefficient (Wildman–Crippen LogP) is 1.63. The maximum absolute atomic E-state index is 11.4.